The smallest absolute Gasteiger partial charge is 0.416 e. The van der Waals surface area contributed by atoms with Crippen molar-refractivity contribution in [2.75, 3.05) is 11.9 Å². The first-order valence-electron chi connectivity index (χ1n) is 9.77. The van der Waals surface area contributed by atoms with Crippen molar-refractivity contribution in [2.24, 2.45) is 5.16 Å². The van der Waals surface area contributed by atoms with Crippen LogP contribution >= 0.6 is 19.6 Å². The van der Waals surface area contributed by atoms with Gasteiger partial charge < -0.3 is 14.7 Å². The number of nitrogens with one attached hydrogen (secondary N) is 1. The van der Waals surface area contributed by atoms with E-state index in [1.54, 1.807) is 13.8 Å². The van der Waals surface area contributed by atoms with Gasteiger partial charge in [-0.2, -0.15) is 13.2 Å². The van der Waals surface area contributed by atoms with Crippen LogP contribution in [0.15, 0.2) is 35.5 Å². The number of ether oxygens (including phenoxy) is 1. The Balaban J connectivity index is 2.46. The predicted octanol–water partition coefficient (Wildman–Crippen LogP) is 5.63. The van der Waals surface area contributed by atoms with E-state index in [9.17, 15) is 32.6 Å². The fourth-order valence-electron chi connectivity index (χ4n) is 2.72. The van der Waals surface area contributed by atoms with Crippen molar-refractivity contribution >= 4 is 53.7 Å². The third-order valence-electron chi connectivity index (χ3n) is 4.42. The van der Waals surface area contributed by atoms with Gasteiger partial charge in [0, 0.05) is 11.8 Å². The first kappa shape index (κ1) is 27.1. The van der Waals surface area contributed by atoms with Gasteiger partial charge in [0.2, 0.25) is 0 Å². The molecule has 0 saturated carbocycles. The summed E-state index contributed by atoms with van der Waals surface area (Å²) in [6.07, 6.45) is -4.29. The van der Waals surface area contributed by atoms with Gasteiger partial charge in [0.05, 0.1) is 27.8 Å². The molecule has 0 amide bonds. The number of nitro groups is 1. The van der Waals surface area contributed by atoms with Crippen LogP contribution in [0.4, 0.5) is 30.2 Å². The molecule has 34 heavy (non-hydrogen) atoms. The summed E-state index contributed by atoms with van der Waals surface area (Å²) >= 11 is 5.99. The molecule has 0 radical (unpaired) electrons. The van der Waals surface area contributed by atoms with E-state index >= 15 is 0 Å². The maximum Gasteiger partial charge on any atom is 0.416 e. The Hall–Kier alpha value is -3.11. The minimum absolute atomic E-state index is 0.0758. The van der Waals surface area contributed by atoms with Gasteiger partial charge >= 0.3 is 12.1 Å². The molecule has 1 atom stereocenters. The highest BCUT2D eigenvalue weighted by Gasteiger charge is 2.31. The van der Waals surface area contributed by atoms with Gasteiger partial charge in [-0.05, 0) is 50.1 Å². The van der Waals surface area contributed by atoms with Gasteiger partial charge in [0.1, 0.15) is 5.30 Å². The predicted molar refractivity (Wildman–Crippen MR) is 122 cm³/mol. The van der Waals surface area contributed by atoms with E-state index in [4.69, 9.17) is 21.0 Å². The average molecular weight is 522 g/mol. The molecule has 2 rings (SSSR count). The summed E-state index contributed by atoms with van der Waals surface area (Å²) in [6, 6.07) is 5.02. The zero-order valence-corrected chi connectivity index (χ0v) is 19.9. The van der Waals surface area contributed by atoms with Gasteiger partial charge in [-0.3, -0.25) is 14.7 Å². The highest BCUT2D eigenvalue weighted by atomic mass is 35.5. The monoisotopic (exact) mass is 521 g/mol. The number of carbonyl (C=O) groups is 1. The normalized spacial score (nSPS) is 12.7. The molecule has 0 saturated heterocycles. The second-order valence-electron chi connectivity index (χ2n) is 6.73. The fourth-order valence-corrected chi connectivity index (χ4v) is 3.91. The van der Waals surface area contributed by atoms with E-state index in [2.05, 4.69) is 10.5 Å². The van der Waals surface area contributed by atoms with E-state index in [1.807, 2.05) is 0 Å². The Labute approximate surface area is 197 Å². The van der Waals surface area contributed by atoms with Crippen LogP contribution in [-0.4, -0.2) is 23.2 Å². The summed E-state index contributed by atoms with van der Waals surface area (Å²) in [5, 5.41) is 17.2. The van der Waals surface area contributed by atoms with Crippen LogP contribution < -0.4 is 10.6 Å². The molecule has 1 N–H and O–H groups in total. The molecular formula is C20H20ClF3N3O6P. The second kappa shape index (κ2) is 11.3. The Morgan fingerprint density at radius 1 is 1.24 bits per heavy atom. The summed E-state index contributed by atoms with van der Waals surface area (Å²) in [4.78, 5) is 22.4. The maximum absolute atomic E-state index is 12.9. The van der Waals surface area contributed by atoms with Crippen LogP contribution in [0.1, 0.15) is 31.9 Å². The number of rotatable bonds is 9. The Bertz CT molecular complexity index is 1160. The lowest BCUT2D eigenvalue weighted by Gasteiger charge is -2.15. The van der Waals surface area contributed by atoms with Crippen LogP contribution in [-0.2, 0) is 31.3 Å². The molecule has 14 heteroatoms. The molecule has 184 valence electrons. The molecule has 0 fully saturated rings. The van der Waals surface area contributed by atoms with Crippen molar-refractivity contribution in [3.8, 4) is 0 Å². The third kappa shape index (κ3) is 6.71. The first-order chi connectivity index (χ1) is 15.9. The molecule has 2 aromatic rings. The van der Waals surface area contributed by atoms with Gasteiger partial charge in [-0.15, -0.1) is 0 Å². The minimum atomic E-state index is -4.59. The summed E-state index contributed by atoms with van der Waals surface area (Å²) in [5.41, 5.74) is -0.973. The standard InChI is InChI=1S/C20H20ClF3N3O6P/c1-4-12-8-17(27(29)30)18(34(31)33-26-11(3)19(28)32-5-2)10-16(12)25-15-7-6-13(9-14(15)21)20(22,23)24/h6-10,25,34H,4-5H2,1-3H3. The number of carbonyl (C=O) groups excluding carboxylic acids is 1. The number of alkyl halides is 3. The van der Waals surface area contributed by atoms with Gasteiger partial charge in [-0.25, -0.2) is 4.79 Å². The van der Waals surface area contributed by atoms with Gasteiger partial charge in [-0.1, -0.05) is 23.7 Å². The number of hydrogen-bond acceptors (Lipinski definition) is 8. The zero-order chi connectivity index (χ0) is 25.6. The van der Waals surface area contributed by atoms with Crippen molar-refractivity contribution in [2.45, 2.75) is 33.4 Å². The molecule has 1 unspecified atom stereocenters. The molecule has 0 aliphatic heterocycles. The van der Waals surface area contributed by atoms with Gasteiger partial charge in [0.15, 0.2) is 5.71 Å². The van der Waals surface area contributed by atoms with Crippen molar-refractivity contribution < 1.29 is 36.8 Å². The van der Waals surface area contributed by atoms with Gasteiger partial charge in [0.25, 0.3) is 13.7 Å². The number of anilines is 2. The van der Waals surface area contributed by atoms with Crippen LogP contribution in [0, 0.1) is 10.1 Å². The minimum Gasteiger partial charge on any atom is -0.461 e. The van der Waals surface area contributed by atoms with Crippen molar-refractivity contribution in [3.63, 3.8) is 0 Å². The number of hydrogen-bond donors (Lipinski definition) is 1. The highest BCUT2D eigenvalue weighted by Crippen LogP contribution is 2.37. The summed E-state index contributed by atoms with van der Waals surface area (Å²) in [5.74, 6) is -0.813. The number of halogens is 4. The largest absolute Gasteiger partial charge is 0.461 e. The SMILES string of the molecule is CCOC(=O)C(C)=NO[PH](=O)c1cc(Nc2ccc(C(F)(F)F)cc2Cl)c(CC)cc1[N+](=O)[O-]. The zero-order valence-electron chi connectivity index (χ0n) is 18.2. The lowest BCUT2D eigenvalue weighted by molar-refractivity contribution is -0.383. The molecule has 0 spiro atoms. The number of aryl methyl sites for hydroxylation is 1. The lowest BCUT2D eigenvalue weighted by Crippen LogP contribution is -2.14. The van der Waals surface area contributed by atoms with Crippen molar-refractivity contribution in [1.29, 1.82) is 0 Å². The number of nitro benzene ring substituents is 1. The molecule has 2 aromatic carbocycles. The number of nitrogens with zero attached hydrogens (tertiary/aromatic N) is 2. The Morgan fingerprint density at radius 2 is 1.91 bits per heavy atom. The van der Waals surface area contributed by atoms with E-state index < -0.39 is 36.3 Å². The molecule has 9 nitrogen and oxygen atoms in total. The maximum atomic E-state index is 12.9. The second-order valence-corrected chi connectivity index (χ2v) is 8.43. The first-order valence-corrected chi connectivity index (χ1v) is 11.5. The number of benzene rings is 2. The van der Waals surface area contributed by atoms with E-state index in [1.165, 1.54) is 19.1 Å². The number of oxime groups is 1. The topological polar surface area (TPSA) is 120 Å². The number of esters is 1. The molecule has 0 aromatic heterocycles. The molecule has 0 bridgehead atoms. The molecule has 0 aliphatic rings. The summed E-state index contributed by atoms with van der Waals surface area (Å²) in [7, 11) is -3.37. The highest BCUT2D eigenvalue weighted by molar-refractivity contribution is 7.48. The van der Waals surface area contributed by atoms with Crippen LogP contribution in [0.3, 0.4) is 0 Å². The quantitative estimate of drug-likeness (QED) is 0.149. The van der Waals surface area contributed by atoms with E-state index in [0.29, 0.717) is 12.0 Å². The Kier molecular flexibility index (Phi) is 9.06. The Morgan fingerprint density at radius 3 is 2.44 bits per heavy atom. The lowest BCUT2D eigenvalue weighted by atomic mass is 10.1. The fraction of sp³-hybridized carbons (Fsp3) is 0.300. The molecular weight excluding hydrogens is 502 g/mol. The van der Waals surface area contributed by atoms with Crippen molar-refractivity contribution in [1.82, 2.24) is 0 Å². The van der Waals surface area contributed by atoms with Crippen LogP contribution in [0.25, 0.3) is 0 Å². The third-order valence-corrected chi connectivity index (χ3v) is 5.83. The summed E-state index contributed by atoms with van der Waals surface area (Å²) in [6.45, 7) is 4.60. The molecule has 0 aliphatic carbocycles. The van der Waals surface area contributed by atoms with E-state index in [-0.39, 0.29) is 34.0 Å². The van der Waals surface area contributed by atoms with Crippen LogP contribution in [0.2, 0.25) is 5.02 Å². The van der Waals surface area contributed by atoms with E-state index in [0.717, 1.165) is 18.2 Å². The average Bonchev–Trinajstić information content (AvgIpc) is 2.77. The van der Waals surface area contributed by atoms with Crippen LogP contribution in [0.5, 0.6) is 0 Å². The van der Waals surface area contributed by atoms with Crippen molar-refractivity contribution in [3.05, 3.63) is 56.6 Å². The summed E-state index contributed by atoms with van der Waals surface area (Å²) < 4.78 is 61.0. The molecule has 0 heterocycles.